The van der Waals surface area contributed by atoms with E-state index in [2.05, 4.69) is 52.2 Å². The molecular formula is C47H47N5O8S2. The van der Waals surface area contributed by atoms with Crippen LogP contribution in [-0.4, -0.2) is 82.3 Å². The standard InChI is InChI=1S/C47H47N5O8S2/c1-46(2,58-4)60-51-38(37-30-62-45(48-37)50-47(33-17-8-5-9-18-33,34-19-10-6-11-20-34)35-21-12-7-13-22-35)41(54)49-39-42(55)52-40(32(16-14-15-27-53)29-61-43(39)52)44(56)59-28-31-23-25-36(57-3)26-24-31/h5-15,17-26,30,39,43,53H,16,27-29H2,1-4H3,(H,48,50)(H,49,54)/b15-14+,51-38-/t39-,43+/m1/s1. The van der Waals surface area contributed by atoms with Gasteiger partial charge in [0, 0.05) is 32.1 Å². The lowest BCUT2D eigenvalue weighted by molar-refractivity contribution is -0.197. The van der Waals surface area contributed by atoms with Crippen LogP contribution < -0.4 is 15.4 Å². The summed E-state index contributed by atoms with van der Waals surface area (Å²) in [6.07, 6.45) is 3.63. The Morgan fingerprint density at radius 3 is 2.08 bits per heavy atom. The van der Waals surface area contributed by atoms with Crippen LogP contribution >= 0.6 is 23.1 Å². The first-order valence-corrected chi connectivity index (χ1v) is 21.8. The Bertz CT molecular complexity index is 2340. The number of anilines is 1. The fraction of sp³-hybridized carbons (Fsp3) is 0.255. The van der Waals surface area contributed by atoms with Gasteiger partial charge in [-0.05, 0) is 46.4 Å². The second-order valence-electron chi connectivity index (χ2n) is 14.7. The maximum absolute atomic E-state index is 14.3. The number of esters is 1. The molecule has 0 saturated carbocycles. The number of carbonyl (C=O) groups excluding carboxylic acids is 3. The van der Waals surface area contributed by atoms with Crippen molar-refractivity contribution in [3.05, 3.63) is 172 Å². The van der Waals surface area contributed by atoms with Gasteiger partial charge in [-0.15, -0.1) is 23.1 Å². The SMILES string of the molecule is COc1ccc(COC(=O)C2=C(C/C=C/CO)CS[C@H]3[C@H](NC(=O)/C(=N\OC(C)(C)OC)c4csc(NC(c5ccccc5)(c5ccccc5)c5ccccc5)n4)C(=O)N23)cc1. The number of hydrogen-bond acceptors (Lipinski definition) is 13. The van der Waals surface area contributed by atoms with Gasteiger partial charge < -0.3 is 34.8 Å². The Balaban J connectivity index is 1.16. The van der Waals surface area contributed by atoms with Gasteiger partial charge in [0.05, 0.1) is 13.7 Å². The Kier molecular flexibility index (Phi) is 13.9. The molecule has 0 radical (unpaired) electrons. The number of nitrogens with zero attached hydrogens (tertiary/aromatic N) is 3. The van der Waals surface area contributed by atoms with Crippen LogP contribution in [0.2, 0.25) is 0 Å². The number of ether oxygens (including phenoxy) is 3. The lowest BCUT2D eigenvalue weighted by Crippen LogP contribution is -2.71. The number of β-lactam (4-membered cyclic amide) rings is 1. The van der Waals surface area contributed by atoms with Crippen molar-refractivity contribution in [2.75, 3.05) is 31.9 Å². The van der Waals surface area contributed by atoms with Crippen LogP contribution in [0.25, 0.3) is 0 Å². The Morgan fingerprint density at radius 2 is 1.52 bits per heavy atom. The largest absolute Gasteiger partial charge is 0.497 e. The average molecular weight is 874 g/mol. The first kappa shape index (κ1) is 43.8. The molecular weight excluding hydrogens is 827 g/mol. The van der Waals surface area contributed by atoms with Crippen LogP contribution in [0, 0.1) is 0 Å². The third-order valence-corrected chi connectivity index (χ3v) is 12.5. The zero-order valence-electron chi connectivity index (χ0n) is 34.6. The number of hydrogen-bond donors (Lipinski definition) is 3. The molecule has 0 spiro atoms. The summed E-state index contributed by atoms with van der Waals surface area (Å²) in [4.78, 5) is 54.1. The molecule has 7 rings (SSSR count). The highest BCUT2D eigenvalue weighted by molar-refractivity contribution is 8.00. The van der Waals surface area contributed by atoms with Crippen molar-refractivity contribution in [2.45, 2.75) is 49.6 Å². The molecule has 0 aliphatic carbocycles. The van der Waals surface area contributed by atoms with Crippen LogP contribution in [0.5, 0.6) is 5.75 Å². The number of benzene rings is 4. The third-order valence-electron chi connectivity index (χ3n) is 10.4. The van der Waals surface area contributed by atoms with Crippen LogP contribution in [0.4, 0.5) is 5.13 Å². The van der Waals surface area contributed by atoms with E-state index in [0.717, 1.165) is 22.3 Å². The van der Waals surface area contributed by atoms with Crippen molar-refractivity contribution in [3.63, 3.8) is 0 Å². The second-order valence-corrected chi connectivity index (χ2v) is 16.7. The van der Waals surface area contributed by atoms with E-state index in [4.69, 9.17) is 24.0 Å². The number of rotatable bonds is 18. The van der Waals surface area contributed by atoms with Crippen molar-refractivity contribution < 1.29 is 38.5 Å². The molecule has 0 bridgehead atoms. The second kappa shape index (κ2) is 19.6. The van der Waals surface area contributed by atoms with Crippen molar-refractivity contribution in [2.24, 2.45) is 5.16 Å². The quantitative estimate of drug-likeness (QED) is 0.0158. The number of amides is 2. The van der Waals surface area contributed by atoms with Crippen molar-refractivity contribution >= 4 is 51.7 Å². The number of aromatic nitrogens is 1. The molecule has 320 valence electrons. The van der Waals surface area contributed by atoms with Gasteiger partial charge in [0.1, 0.15) is 40.7 Å². The summed E-state index contributed by atoms with van der Waals surface area (Å²) < 4.78 is 16.4. The fourth-order valence-electron chi connectivity index (χ4n) is 7.06. The molecule has 0 unspecified atom stereocenters. The lowest BCUT2D eigenvalue weighted by Gasteiger charge is -2.49. The van der Waals surface area contributed by atoms with Gasteiger partial charge in [-0.2, -0.15) is 0 Å². The van der Waals surface area contributed by atoms with Crippen LogP contribution in [0.1, 0.15) is 48.2 Å². The number of aliphatic hydroxyl groups excluding tert-OH is 1. The van der Waals surface area contributed by atoms with Crippen LogP contribution in [0.15, 0.2) is 149 Å². The van der Waals surface area contributed by atoms with Gasteiger partial charge in [-0.1, -0.05) is 120 Å². The monoisotopic (exact) mass is 873 g/mol. The average Bonchev–Trinajstić information content (AvgIpc) is 3.77. The van der Waals surface area contributed by atoms with Gasteiger partial charge in [0.2, 0.25) is 5.79 Å². The first-order chi connectivity index (χ1) is 30.1. The molecule has 2 amide bonds. The molecule has 2 aliphatic heterocycles. The fourth-order valence-corrected chi connectivity index (χ4v) is 9.17. The van der Waals surface area contributed by atoms with Gasteiger partial charge in [0.25, 0.3) is 11.8 Å². The predicted octanol–water partition coefficient (Wildman–Crippen LogP) is 6.99. The Morgan fingerprint density at radius 1 is 0.903 bits per heavy atom. The highest BCUT2D eigenvalue weighted by atomic mass is 32.2. The van der Waals surface area contributed by atoms with E-state index in [1.54, 1.807) is 62.8 Å². The molecule has 2 atom stereocenters. The topological polar surface area (TPSA) is 161 Å². The smallest absolute Gasteiger partial charge is 0.355 e. The van der Waals surface area contributed by atoms with Crippen molar-refractivity contribution in [3.8, 4) is 5.75 Å². The number of oxime groups is 1. The first-order valence-electron chi connectivity index (χ1n) is 19.8. The maximum atomic E-state index is 14.3. The summed E-state index contributed by atoms with van der Waals surface area (Å²) in [7, 11) is 3.02. The minimum absolute atomic E-state index is 0.0304. The van der Waals surface area contributed by atoms with E-state index in [9.17, 15) is 19.5 Å². The maximum Gasteiger partial charge on any atom is 0.355 e. The zero-order valence-corrected chi connectivity index (χ0v) is 36.3. The summed E-state index contributed by atoms with van der Waals surface area (Å²) in [5.41, 5.74) is 3.55. The number of nitrogens with one attached hydrogen (secondary N) is 2. The van der Waals surface area contributed by atoms with Gasteiger partial charge in [0.15, 0.2) is 10.8 Å². The van der Waals surface area contributed by atoms with E-state index < -0.39 is 40.5 Å². The summed E-state index contributed by atoms with van der Waals surface area (Å²) in [5, 5.41) is 21.8. The summed E-state index contributed by atoms with van der Waals surface area (Å²) in [6.45, 7) is 3.10. The Hall–Kier alpha value is -6.26. The molecule has 2 aliphatic rings. The normalized spacial score (nSPS) is 16.7. The van der Waals surface area contributed by atoms with Crippen LogP contribution in [-0.2, 0) is 40.8 Å². The highest BCUT2D eigenvalue weighted by Gasteiger charge is 2.54. The van der Waals surface area contributed by atoms with E-state index >= 15 is 0 Å². The van der Waals surface area contributed by atoms with Crippen molar-refractivity contribution in [1.29, 1.82) is 0 Å². The zero-order chi connectivity index (χ0) is 43.7. The molecule has 62 heavy (non-hydrogen) atoms. The van der Waals surface area contributed by atoms with Crippen LogP contribution in [0.3, 0.4) is 0 Å². The number of carbonyl (C=O) groups is 3. The number of methoxy groups -OCH3 is 2. The molecule has 15 heteroatoms. The number of allylic oxidation sites excluding steroid dienone is 1. The van der Waals surface area contributed by atoms with Gasteiger partial charge in [-0.3, -0.25) is 14.5 Å². The predicted molar refractivity (Wildman–Crippen MR) is 239 cm³/mol. The number of aliphatic hydroxyl groups is 1. The van der Waals surface area contributed by atoms with E-state index in [0.29, 0.717) is 28.6 Å². The molecule has 3 N–H and O–H groups in total. The van der Waals surface area contributed by atoms with E-state index in [1.807, 2.05) is 54.6 Å². The van der Waals surface area contributed by atoms with E-state index in [-0.39, 0.29) is 30.3 Å². The van der Waals surface area contributed by atoms with Gasteiger partial charge >= 0.3 is 5.97 Å². The molecule has 13 nitrogen and oxygen atoms in total. The minimum atomic E-state index is -1.21. The number of thioether (sulfide) groups is 1. The summed E-state index contributed by atoms with van der Waals surface area (Å²) in [5.74, 6) is -2.04. The number of thiazole rings is 1. The summed E-state index contributed by atoms with van der Waals surface area (Å²) in [6, 6.07) is 36.3. The molecule has 1 fully saturated rings. The minimum Gasteiger partial charge on any atom is -0.497 e. The molecule has 1 aromatic heterocycles. The van der Waals surface area contributed by atoms with E-state index in [1.165, 1.54) is 35.1 Å². The number of fused-ring (bicyclic) bond motifs is 1. The van der Waals surface area contributed by atoms with Crippen molar-refractivity contribution in [1.82, 2.24) is 15.2 Å². The molecule has 1 saturated heterocycles. The van der Waals surface area contributed by atoms with Gasteiger partial charge in [-0.25, -0.2) is 9.78 Å². The third kappa shape index (κ3) is 9.45. The lowest BCUT2D eigenvalue weighted by atomic mass is 9.77. The Labute approximate surface area is 368 Å². The molecule has 5 aromatic rings. The molecule has 3 heterocycles. The highest BCUT2D eigenvalue weighted by Crippen LogP contribution is 2.43. The molecule has 4 aromatic carbocycles. The summed E-state index contributed by atoms with van der Waals surface area (Å²) >= 11 is 2.69.